The molecule has 0 aliphatic carbocycles. The highest BCUT2D eigenvalue weighted by atomic mass is 16.5. The Morgan fingerprint density at radius 1 is 0.970 bits per heavy atom. The van der Waals surface area contributed by atoms with Crippen molar-refractivity contribution in [3.8, 4) is 17.0 Å². The molecule has 0 bridgehead atoms. The van der Waals surface area contributed by atoms with Crippen molar-refractivity contribution >= 4 is 17.4 Å². The zero-order chi connectivity index (χ0) is 23.0. The topological polar surface area (TPSA) is 87.6 Å². The van der Waals surface area contributed by atoms with Crippen molar-refractivity contribution in [3.63, 3.8) is 0 Å². The van der Waals surface area contributed by atoms with Crippen LogP contribution in [0, 0.1) is 0 Å². The molecule has 7 nitrogen and oxygen atoms in total. The first-order chi connectivity index (χ1) is 16.1. The van der Waals surface area contributed by atoms with Crippen molar-refractivity contribution in [3.05, 3.63) is 103 Å². The molecule has 0 radical (unpaired) electrons. The lowest BCUT2D eigenvalue weighted by Gasteiger charge is -2.23. The Hall–Kier alpha value is -4.23. The second-order valence-corrected chi connectivity index (χ2v) is 7.44. The van der Waals surface area contributed by atoms with Crippen molar-refractivity contribution in [2.75, 3.05) is 10.4 Å². The van der Waals surface area contributed by atoms with Crippen LogP contribution in [0.4, 0.5) is 11.5 Å². The average Bonchev–Trinajstić information content (AvgIpc) is 2.88. The van der Waals surface area contributed by atoms with Crippen LogP contribution in [-0.2, 0) is 11.4 Å². The smallest absolute Gasteiger partial charge is 0.249 e. The van der Waals surface area contributed by atoms with Crippen LogP contribution in [0.25, 0.3) is 11.3 Å². The Morgan fingerprint density at radius 2 is 1.64 bits per heavy atom. The zero-order valence-electron chi connectivity index (χ0n) is 18.1. The van der Waals surface area contributed by atoms with E-state index >= 15 is 0 Å². The van der Waals surface area contributed by atoms with Crippen molar-refractivity contribution in [2.24, 2.45) is 0 Å². The number of carbonyl (C=O) groups excluding carboxylic acids is 1. The number of benzene rings is 3. The van der Waals surface area contributed by atoms with Crippen LogP contribution in [0.3, 0.4) is 0 Å². The largest absolute Gasteiger partial charge is 0.489 e. The Morgan fingerprint density at radius 3 is 2.33 bits per heavy atom. The first kappa shape index (κ1) is 22.0. The molecular formula is C26H24N4O3. The molecule has 1 atom stereocenters. The highest BCUT2D eigenvalue weighted by Gasteiger charge is 2.22. The van der Waals surface area contributed by atoms with E-state index in [1.54, 1.807) is 25.1 Å². The van der Waals surface area contributed by atoms with Gasteiger partial charge in [-0.25, -0.2) is 15.0 Å². The summed E-state index contributed by atoms with van der Waals surface area (Å²) < 4.78 is 5.83. The summed E-state index contributed by atoms with van der Waals surface area (Å²) in [5.74, 6) is 0.607. The Labute approximate surface area is 192 Å². The molecule has 7 heteroatoms. The fraction of sp³-hybridized carbons (Fsp3) is 0.115. The molecule has 0 saturated carbocycles. The Bertz CT molecular complexity index is 1190. The van der Waals surface area contributed by atoms with Gasteiger partial charge in [0.05, 0.1) is 5.69 Å². The number of rotatable bonds is 8. The van der Waals surface area contributed by atoms with Crippen LogP contribution in [-0.4, -0.2) is 27.1 Å². The van der Waals surface area contributed by atoms with E-state index in [0.717, 1.165) is 21.9 Å². The molecule has 0 unspecified atom stereocenters. The van der Waals surface area contributed by atoms with Gasteiger partial charge in [0.15, 0.2) is 5.82 Å². The SMILES string of the molecule is C[C@@H](C(=O)Nc1ccccc1)N(O)c1cc(-c2ccc(OCc3ccccc3)cc2)ncn1. The number of amides is 1. The molecular weight excluding hydrogens is 416 g/mol. The molecule has 3 aromatic carbocycles. The Balaban J connectivity index is 1.41. The molecule has 4 rings (SSSR count). The van der Waals surface area contributed by atoms with Crippen LogP contribution in [0.15, 0.2) is 97.3 Å². The van der Waals surface area contributed by atoms with Crippen molar-refractivity contribution in [1.29, 1.82) is 0 Å². The second-order valence-electron chi connectivity index (χ2n) is 7.44. The van der Waals surface area contributed by atoms with Crippen LogP contribution in [0.2, 0.25) is 0 Å². The van der Waals surface area contributed by atoms with Crippen LogP contribution >= 0.6 is 0 Å². The van der Waals surface area contributed by atoms with Gasteiger partial charge in [0.2, 0.25) is 5.91 Å². The maximum atomic E-state index is 12.5. The third-order valence-corrected chi connectivity index (χ3v) is 5.07. The number of hydrogen-bond donors (Lipinski definition) is 2. The summed E-state index contributed by atoms with van der Waals surface area (Å²) >= 11 is 0. The normalized spacial score (nSPS) is 11.5. The zero-order valence-corrected chi connectivity index (χ0v) is 18.1. The standard InChI is InChI=1S/C26H24N4O3/c1-19(26(31)29-22-10-6-3-7-11-22)30(32)25-16-24(27-18-28-25)21-12-14-23(15-13-21)33-17-20-8-4-2-5-9-20/h2-16,18-19,32H,17H2,1H3,(H,29,31)/t19-/m0/s1. The molecule has 4 aromatic rings. The van der Waals surface area contributed by atoms with E-state index in [0.29, 0.717) is 18.0 Å². The number of hydroxylamine groups is 1. The first-order valence-electron chi connectivity index (χ1n) is 10.5. The van der Waals surface area contributed by atoms with Gasteiger partial charge in [-0.2, -0.15) is 0 Å². The molecule has 2 N–H and O–H groups in total. The van der Waals surface area contributed by atoms with E-state index in [9.17, 15) is 10.0 Å². The molecule has 1 aromatic heterocycles. The Kier molecular flexibility index (Phi) is 6.92. The van der Waals surface area contributed by atoms with E-state index in [1.807, 2.05) is 72.8 Å². The third kappa shape index (κ3) is 5.72. The molecule has 0 spiro atoms. The fourth-order valence-corrected chi connectivity index (χ4v) is 3.17. The molecule has 0 aliphatic rings. The lowest BCUT2D eigenvalue weighted by Crippen LogP contribution is -2.40. The van der Waals surface area contributed by atoms with Gasteiger partial charge in [0.25, 0.3) is 0 Å². The molecule has 33 heavy (non-hydrogen) atoms. The van der Waals surface area contributed by atoms with E-state index in [-0.39, 0.29) is 11.7 Å². The average molecular weight is 441 g/mol. The summed E-state index contributed by atoms with van der Waals surface area (Å²) in [7, 11) is 0. The van der Waals surface area contributed by atoms with Crippen molar-refractivity contribution < 1.29 is 14.7 Å². The lowest BCUT2D eigenvalue weighted by atomic mass is 10.1. The summed E-state index contributed by atoms with van der Waals surface area (Å²) in [6.45, 7) is 2.08. The summed E-state index contributed by atoms with van der Waals surface area (Å²) in [6.07, 6.45) is 1.36. The minimum absolute atomic E-state index is 0.222. The second kappa shape index (κ2) is 10.4. The van der Waals surface area contributed by atoms with Crippen LogP contribution < -0.4 is 15.1 Å². The van der Waals surface area contributed by atoms with Gasteiger partial charge in [-0.3, -0.25) is 10.0 Å². The first-order valence-corrected chi connectivity index (χ1v) is 10.5. The predicted octanol–water partition coefficient (Wildman–Crippen LogP) is 4.95. The highest BCUT2D eigenvalue weighted by molar-refractivity contribution is 5.96. The van der Waals surface area contributed by atoms with Gasteiger partial charge in [0.1, 0.15) is 24.7 Å². The monoisotopic (exact) mass is 440 g/mol. The maximum Gasteiger partial charge on any atom is 0.249 e. The van der Waals surface area contributed by atoms with E-state index in [2.05, 4.69) is 15.3 Å². The molecule has 0 fully saturated rings. The third-order valence-electron chi connectivity index (χ3n) is 5.07. The number of anilines is 2. The summed E-state index contributed by atoms with van der Waals surface area (Å²) in [5, 5.41) is 14.2. The van der Waals surface area contributed by atoms with Crippen LogP contribution in [0.5, 0.6) is 5.75 Å². The van der Waals surface area contributed by atoms with Crippen molar-refractivity contribution in [1.82, 2.24) is 9.97 Å². The number of nitrogens with zero attached hydrogens (tertiary/aromatic N) is 3. The molecule has 1 heterocycles. The van der Waals surface area contributed by atoms with Gasteiger partial charge < -0.3 is 10.1 Å². The molecule has 0 saturated heterocycles. The van der Waals surface area contributed by atoms with Gasteiger partial charge in [0, 0.05) is 17.3 Å². The number of carbonyl (C=O) groups is 1. The minimum Gasteiger partial charge on any atom is -0.489 e. The minimum atomic E-state index is -0.860. The van der Waals surface area contributed by atoms with E-state index in [1.165, 1.54) is 6.33 Å². The molecule has 0 aliphatic heterocycles. The lowest BCUT2D eigenvalue weighted by molar-refractivity contribution is -0.118. The summed E-state index contributed by atoms with van der Waals surface area (Å²) in [5.41, 5.74) is 3.20. The number of para-hydroxylation sites is 1. The predicted molar refractivity (Wildman–Crippen MR) is 127 cm³/mol. The van der Waals surface area contributed by atoms with E-state index < -0.39 is 6.04 Å². The van der Waals surface area contributed by atoms with Gasteiger partial charge in [-0.05, 0) is 48.9 Å². The number of aromatic nitrogens is 2. The van der Waals surface area contributed by atoms with Gasteiger partial charge >= 0.3 is 0 Å². The van der Waals surface area contributed by atoms with Crippen molar-refractivity contribution in [2.45, 2.75) is 19.6 Å². The summed E-state index contributed by atoms with van der Waals surface area (Å²) in [6, 6.07) is 27.3. The maximum absolute atomic E-state index is 12.5. The number of nitrogens with one attached hydrogen (secondary N) is 1. The quantitative estimate of drug-likeness (QED) is 0.377. The number of ether oxygens (including phenoxy) is 1. The number of hydrogen-bond acceptors (Lipinski definition) is 6. The van der Waals surface area contributed by atoms with Gasteiger partial charge in [-0.1, -0.05) is 48.5 Å². The molecule has 1 amide bonds. The molecule has 166 valence electrons. The van der Waals surface area contributed by atoms with E-state index in [4.69, 9.17) is 4.74 Å². The van der Waals surface area contributed by atoms with Gasteiger partial charge in [-0.15, -0.1) is 0 Å². The fourth-order valence-electron chi connectivity index (χ4n) is 3.17. The van der Waals surface area contributed by atoms with Crippen LogP contribution in [0.1, 0.15) is 12.5 Å². The highest BCUT2D eigenvalue weighted by Crippen LogP contribution is 2.24. The summed E-state index contributed by atoms with van der Waals surface area (Å²) in [4.78, 5) is 20.9.